The second kappa shape index (κ2) is 9.52. The molecule has 0 bridgehead atoms. The number of carbonyl (C=O) groups is 1. The minimum atomic E-state index is -0.523. The molecule has 0 aliphatic carbocycles. The van der Waals surface area contributed by atoms with Crippen LogP contribution in [-0.2, 0) is 11.3 Å². The highest BCUT2D eigenvalue weighted by Crippen LogP contribution is 2.39. The van der Waals surface area contributed by atoms with Gasteiger partial charge in [-0.25, -0.2) is 4.79 Å². The zero-order chi connectivity index (χ0) is 22.5. The molecule has 0 aliphatic rings. The van der Waals surface area contributed by atoms with Crippen LogP contribution in [0, 0.1) is 13.8 Å². The zero-order valence-electron chi connectivity index (χ0n) is 18.3. The quantitative estimate of drug-likeness (QED) is 0.283. The van der Waals surface area contributed by atoms with Gasteiger partial charge in [-0.3, -0.25) is 0 Å². The van der Waals surface area contributed by atoms with E-state index in [2.05, 4.69) is 24.3 Å². The van der Waals surface area contributed by atoms with Gasteiger partial charge in [0.2, 0.25) is 0 Å². The van der Waals surface area contributed by atoms with Gasteiger partial charge in [0.15, 0.2) is 0 Å². The first-order valence-corrected chi connectivity index (χ1v) is 10.7. The van der Waals surface area contributed by atoms with Crippen molar-refractivity contribution in [3.63, 3.8) is 0 Å². The molecule has 0 radical (unpaired) electrons. The number of phenolic OH excluding ortho intramolecular Hbond substituents is 1. The van der Waals surface area contributed by atoms with E-state index in [1.165, 1.54) is 0 Å². The van der Waals surface area contributed by atoms with Crippen molar-refractivity contribution in [2.75, 3.05) is 0 Å². The molecule has 160 valence electrons. The maximum Gasteiger partial charge on any atom is 0.342 e. The van der Waals surface area contributed by atoms with Crippen LogP contribution in [0.5, 0.6) is 5.75 Å². The molecule has 0 unspecified atom stereocenters. The molecule has 4 rings (SSSR count). The van der Waals surface area contributed by atoms with E-state index in [1.807, 2.05) is 80.6 Å². The topological polar surface area (TPSA) is 46.5 Å². The number of ether oxygens (including phenoxy) is 1. The average Bonchev–Trinajstić information content (AvgIpc) is 2.82. The lowest BCUT2D eigenvalue weighted by atomic mass is 9.79. The summed E-state index contributed by atoms with van der Waals surface area (Å²) in [5.74, 6) is -0.648. The van der Waals surface area contributed by atoms with E-state index in [4.69, 9.17) is 4.74 Å². The van der Waals surface area contributed by atoms with Gasteiger partial charge in [-0.15, -0.1) is 0 Å². The molecule has 0 aliphatic heterocycles. The monoisotopic (exact) mass is 422 g/mol. The second-order valence-corrected chi connectivity index (χ2v) is 7.94. The van der Waals surface area contributed by atoms with Crippen LogP contribution in [0.4, 0.5) is 0 Å². The van der Waals surface area contributed by atoms with Crippen LogP contribution in [0.1, 0.15) is 49.7 Å². The summed E-state index contributed by atoms with van der Waals surface area (Å²) in [6.07, 6.45) is 0. The molecule has 32 heavy (non-hydrogen) atoms. The van der Waals surface area contributed by atoms with E-state index in [9.17, 15) is 9.90 Å². The number of aryl methyl sites for hydroxylation is 1. The van der Waals surface area contributed by atoms with Crippen LogP contribution < -0.4 is 0 Å². The van der Waals surface area contributed by atoms with Crippen molar-refractivity contribution in [1.82, 2.24) is 0 Å². The fourth-order valence-corrected chi connectivity index (χ4v) is 4.29. The second-order valence-electron chi connectivity index (χ2n) is 7.94. The first kappa shape index (κ1) is 21.4. The van der Waals surface area contributed by atoms with E-state index in [0.717, 1.165) is 33.4 Å². The predicted molar refractivity (Wildman–Crippen MR) is 127 cm³/mol. The minimum Gasteiger partial charge on any atom is -0.507 e. The number of phenols is 1. The van der Waals surface area contributed by atoms with Gasteiger partial charge in [-0.2, -0.15) is 0 Å². The third kappa shape index (κ3) is 4.42. The van der Waals surface area contributed by atoms with Crippen molar-refractivity contribution in [3.8, 4) is 5.75 Å². The van der Waals surface area contributed by atoms with Gasteiger partial charge >= 0.3 is 5.97 Å². The van der Waals surface area contributed by atoms with Crippen molar-refractivity contribution in [2.24, 2.45) is 0 Å². The lowest BCUT2D eigenvalue weighted by Crippen LogP contribution is -2.13. The molecule has 4 aromatic carbocycles. The van der Waals surface area contributed by atoms with Crippen LogP contribution in [0.25, 0.3) is 0 Å². The molecule has 3 heteroatoms. The number of rotatable bonds is 6. The Morgan fingerprint density at radius 2 is 1.31 bits per heavy atom. The van der Waals surface area contributed by atoms with Gasteiger partial charge in [0.1, 0.15) is 17.9 Å². The SMILES string of the molecule is Cc1cc(O)c(C(=O)OCc2ccccc2)c(C)c1C(c1ccccc1)c1ccccc1. The van der Waals surface area contributed by atoms with Crippen molar-refractivity contribution in [2.45, 2.75) is 26.4 Å². The molecule has 1 N–H and O–H groups in total. The Morgan fingerprint density at radius 1 is 0.812 bits per heavy atom. The van der Waals surface area contributed by atoms with Crippen molar-refractivity contribution in [1.29, 1.82) is 0 Å². The molecule has 0 atom stereocenters. The van der Waals surface area contributed by atoms with Crippen LogP contribution in [0.2, 0.25) is 0 Å². The van der Waals surface area contributed by atoms with Gasteiger partial charge in [0, 0.05) is 5.92 Å². The van der Waals surface area contributed by atoms with Crippen LogP contribution >= 0.6 is 0 Å². The Labute approximate surface area is 188 Å². The fourth-order valence-electron chi connectivity index (χ4n) is 4.29. The molecule has 4 aromatic rings. The number of carbonyl (C=O) groups excluding carboxylic acids is 1. The van der Waals surface area contributed by atoms with Crippen molar-refractivity contribution < 1.29 is 14.6 Å². The van der Waals surface area contributed by atoms with E-state index < -0.39 is 5.97 Å². The highest BCUT2D eigenvalue weighted by molar-refractivity contribution is 5.95. The fraction of sp³-hybridized carbons (Fsp3) is 0.138. The van der Waals surface area contributed by atoms with E-state index in [0.29, 0.717) is 0 Å². The van der Waals surface area contributed by atoms with Crippen LogP contribution in [-0.4, -0.2) is 11.1 Å². The minimum absolute atomic E-state index is 0.0540. The molecule has 0 saturated carbocycles. The van der Waals surface area contributed by atoms with Gasteiger partial charge < -0.3 is 9.84 Å². The van der Waals surface area contributed by atoms with Gasteiger partial charge in [0.05, 0.1) is 0 Å². The molecule has 0 heterocycles. The first-order chi connectivity index (χ1) is 15.6. The summed E-state index contributed by atoms with van der Waals surface area (Å²) in [6.45, 7) is 4.02. The molecule has 0 spiro atoms. The van der Waals surface area contributed by atoms with Crippen LogP contribution in [0.15, 0.2) is 97.1 Å². The Kier molecular flexibility index (Phi) is 6.37. The maximum absolute atomic E-state index is 13.0. The Hall–Kier alpha value is -3.85. The average molecular weight is 423 g/mol. The summed E-state index contributed by atoms with van der Waals surface area (Å²) in [6, 6.07) is 31.6. The largest absolute Gasteiger partial charge is 0.507 e. The normalized spacial score (nSPS) is 10.8. The lowest BCUT2D eigenvalue weighted by Gasteiger charge is -2.25. The molecule has 0 saturated heterocycles. The highest BCUT2D eigenvalue weighted by atomic mass is 16.5. The third-order valence-corrected chi connectivity index (χ3v) is 5.78. The zero-order valence-corrected chi connectivity index (χ0v) is 18.3. The van der Waals surface area contributed by atoms with Gasteiger partial charge in [0.25, 0.3) is 0 Å². The van der Waals surface area contributed by atoms with Crippen molar-refractivity contribution >= 4 is 5.97 Å². The molecule has 3 nitrogen and oxygen atoms in total. The standard InChI is InChI=1S/C29H26O3/c1-20-18-25(30)27(29(31)32-19-22-12-6-3-7-13-22)21(2)26(20)28(23-14-8-4-9-15-23)24-16-10-5-11-17-24/h3-18,28,30H,19H2,1-2H3. The van der Waals surface area contributed by atoms with E-state index in [1.54, 1.807) is 6.07 Å². The van der Waals surface area contributed by atoms with E-state index >= 15 is 0 Å². The summed E-state index contributed by atoms with van der Waals surface area (Å²) < 4.78 is 5.56. The number of hydrogen-bond donors (Lipinski definition) is 1. The Balaban J connectivity index is 1.79. The maximum atomic E-state index is 13.0. The van der Waals surface area contributed by atoms with Gasteiger partial charge in [-0.1, -0.05) is 91.0 Å². The molecule has 0 aromatic heterocycles. The lowest BCUT2D eigenvalue weighted by molar-refractivity contribution is 0.0468. The van der Waals surface area contributed by atoms with Crippen LogP contribution in [0.3, 0.4) is 0 Å². The van der Waals surface area contributed by atoms with Crippen molar-refractivity contribution in [3.05, 3.63) is 136 Å². The predicted octanol–water partition coefficient (Wildman–Crippen LogP) is 6.55. The highest BCUT2D eigenvalue weighted by Gasteiger charge is 2.26. The molecular formula is C29H26O3. The number of esters is 1. The smallest absolute Gasteiger partial charge is 0.342 e. The Morgan fingerprint density at radius 3 is 1.84 bits per heavy atom. The van der Waals surface area contributed by atoms with Gasteiger partial charge in [-0.05, 0) is 53.3 Å². The number of benzene rings is 4. The third-order valence-electron chi connectivity index (χ3n) is 5.78. The molecule has 0 fully saturated rings. The summed E-state index contributed by atoms with van der Waals surface area (Å²) in [5.41, 5.74) is 6.04. The number of aromatic hydroxyl groups is 1. The Bertz CT molecular complexity index is 1160. The van der Waals surface area contributed by atoms with E-state index in [-0.39, 0.29) is 23.8 Å². The molecule has 0 amide bonds. The summed E-state index contributed by atoms with van der Waals surface area (Å²) in [5, 5.41) is 10.7. The summed E-state index contributed by atoms with van der Waals surface area (Å²) >= 11 is 0. The number of hydrogen-bond acceptors (Lipinski definition) is 3. The summed E-state index contributed by atoms with van der Waals surface area (Å²) in [7, 11) is 0. The first-order valence-electron chi connectivity index (χ1n) is 10.7. The summed E-state index contributed by atoms with van der Waals surface area (Å²) in [4.78, 5) is 13.0. The molecular weight excluding hydrogens is 396 g/mol.